The number of nitrogens with zero attached hydrogens (tertiary/aromatic N) is 1. The van der Waals surface area contributed by atoms with Gasteiger partial charge in [-0.1, -0.05) is 19.9 Å². The third-order valence-electron chi connectivity index (χ3n) is 5.23. The molecule has 2 N–H and O–H groups in total. The maximum atomic E-state index is 5.72. The number of aliphatic imine (C=N–C) groups is 1. The molecule has 1 unspecified atom stereocenters. The van der Waals surface area contributed by atoms with E-state index in [1.807, 2.05) is 12.1 Å². The van der Waals surface area contributed by atoms with E-state index in [-0.39, 0.29) is 35.5 Å². The number of benzene rings is 1. The number of nitrogens with one attached hydrogen (secondary N) is 2. The molecule has 0 spiro atoms. The van der Waals surface area contributed by atoms with Crippen LogP contribution >= 0.6 is 24.0 Å². The second-order valence-corrected chi connectivity index (χ2v) is 8.14. The Morgan fingerprint density at radius 2 is 1.97 bits per heavy atom. The molecule has 1 aliphatic rings. The van der Waals surface area contributed by atoms with Crippen molar-refractivity contribution in [1.82, 2.24) is 10.6 Å². The normalized spacial score (nSPS) is 16.5. The molecule has 2 rings (SSSR count). The van der Waals surface area contributed by atoms with E-state index < -0.39 is 0 Å². The minimum atomic E-state index is -0.147. The van der Waals surface area contributed by atoms with Gasteiger partial charge in [-0.05, 0) is 43.9 Å². The van der Waals surface area contributed by atoms with Crippen LogP contribution in [0.2, 0.25) is 0 Å². The van der Waals surface area contributed by atoms with Gasteiger partial charge in [-0.25, -0.2) is 0 Å². The predicted octanol–water partition coefficient (Wildman–Crippen LogP) is 3.74. The van der Waals surface area contributed by atoms with E-state index >= 15 is 0 Å². The summed E-state index contributed by atoms with van der Waals surface area (Å²) < 4.78 is 22.1. The molecular weight excluding hydrogens is 509 g/mol. The first-order valence-electron chi connectivity index (χ1n) is 10.9. The standard InChI is InChI=1S/C23H39N3O4.HI/c1-6-24-22(25-12-8-13-29-16-19-9-7-14-30-19)26-17-23(2,3)18-10-11-20(27-4)21(15-18)28-5;/h10-11,15,19H,6-9,12-14,16-17H2,1-5H3,(H2,24,25,26);1H. The van der Waals surface area contributed by atoms with Gasteiger partial charge in [-0.3, -0.25) is 4.99 Å². The summed E-state index contributed by atoms with van der Waals surface area (Å²) in [5.41, 5.74) is 1.01. The summed E-state index contributed by atoms with van der Waals surface area (Å²) >= 11 is 0. The smallest absolute Gasteiger partial charge is 0.191 e. The number of hydrogen-bond acceptors (Lipinski definition) is 5. The van der Waals surface area contributed by atoms with Crippen molar-refractivity contribution in [3.63, 3.8) is 0 Å². The fourth-order valence-corrected chi connectivity index (χ4v) is 3.34. The zero-order valence-electron chi connectivity index (χ0n) is 19.7. The topological polar surface area (TPSA) is 73.3 Å². The van der Waals surface area contributed by atoms with E-state index in [0.717, 1.165) is 68.6 Å². The highest BCUT2D eigenvalue weighted by Gasteiger charge is 2.22. The third kappa shape index (κ3) is 9.41. The van der Waals surface area contributed by atoms with Gasteiger partial charge in [0.05, 0.1) is 33.5 Å². The van der Waals surface area contributed by atoms with Gasteiger partial charge in [0.2, 0.25) is 0 Å². The van der Waals surface area contributed by atoms with Gasteiger partial charge in [0.25, 0.3) is 0 Å². The van der Waals surface area contributed by atoms with Gasteiger partial charge in [0.15, 0.2) is 17.5 Å². The Bertz CT molecular complexity index is 664. The largest absolute Gasteiger partial charge is 0.493 e. The third-order valence-corrected chi connectivity index (χ3v) is 5.23. The molecule has 0 amide bonds. The maximum absolute atomic E-state index is 5.72. The van der Waals surface area contributed by atoms with Gasteiger partial charge < -0.3 is 29.6 Å². The molecular formula is C23H40IN3O4. The van der Waals surface area contributed by atoms with Crippen molar-refractivity contribution < 1.29 is 18.9 Å². The van der Waals surface area contributed by atoms with Crippen molar-refractivity contribution >= 4 is 29.9 Å². The fourth-order valence-electron chi connectivity index (χ4n) is 3.34. The average molecular weight is 549 g/mol. The highest BCUT2D eigenvalue weighted by molar-refractivity contribution is 14.0. The minimum absolute atomic E-state index is 0. The Kier molecular flexibility index (Phi) is 13.2. The average Bonchev–Trinajstić information content (AvgIpc) is 3.27. The maximum Gasteiger partial charge on any atom is 0.191 e. The molecule has 0 aromatic heterocycles. The van der Waals surface area contributed by atoms with Crippen LogP contribution in [0.4, 0.5) is 0 Å². The molecule has 7 nitrogen and oxygen atoms in total. The second kappa shape index (κ2) is 14.7. The monoisotopic (exact) mass is 549 g/mol. The van der Waals surface area contributed by atoms with Gasteiger partial charge in [-0.2, -0.15) is 0 Å². The quantitative estimate of drug-likeness (QED) is 0.179. The van der Waals surface area contributed by atoms with Crippen molar-refractivity contribution in [3.05, 3.63) is 23.8 Å². The minimum Gasteiger partial charge on any atom is -0.493 e. The Balaban J connectivity index is 0.00000480. The summed E-state index contributed by atoms with van der Waals surface area (Å²) in [5, 5.41) is 6.71. The Morgan fingerprint density at radius 1 is 1.19 bits per heavy atom. The van der Waals surface area contributed by atoms with Crippen LogP contribution in [0.5, 0.6) is 11.5 Å². The number of halogens is 1. The lowest BCUT2D eigenvalue weighted by Gasteiger charge is -2.25. The van der Waals surface area contributed by atoms with Crippen LogP contribution in [0.15, 0.2) is 23.2 Å². The first-order valence-corrected chi connectivity index (χ1v) is 10.9. The van der Waals surface area contributed by atoms with E-state index in [2.05, 4.69) is 37.5 Å². The van der Waals surface area contributed by atoms with Gasteiger partial charge in [0.1, 0.15) is 0 Å². The molecule has 1 aliphatic heterocycles. The molecule has 31 heavy (non-hydrogen) atoms. The van der Waals surface area contributed by atoms with Crippen molar-refractivity contribution in [2.24, 2.45) is 4.99 Å². The van der Waals surface area contributed by atoms with Crippen molar-refractivity contribution in [2.45, 2.75) is 51.6 Å². The number of guanidine groups is 1. The molecule has 1 aromatic carbocycles. The van der Waals surface area contributed by atoms with Crippen LogP contribution in [0.25, 0.3) is 0 Å². The van der Waals surface area contributed by atoms with Crippen molar-refractivity contribution in [3.8, 4) is 11.5 Å². The highest BCUT2D eigenvalue weighted by atomic mass is 127. The molecule has 8 heteroatoms. The summed E-state index contributed by atoms with van der Waals surface area (Å²) in [6.45, 7) is 11.0. The number of rotatable bonds is 12. The van der Waals surface area contributed by atoms with E-state index in [1.165, 1.54) is 0 Å². The Morgan fingerprint density at radius 3 is 2.61 bits per heavy atom. The summed E-state index contributed by atoms with van der Waals surface area (Å²) in [7, 11) is 3.30. The van der Waals surface area contributed by atoms with E-state index in [0.29, 0.717) is 13.2 Å². The van der Waals surface area contributed by atoms with Crippen LogP contribution in [-0.4, -0.2) is 65.7 Å². The summed E-state index contributed by atoms with van der Waals surface area (Å²) in [6, 6.07) is 6.04. The van der Waals surface area contributed by atoms with Crippen LogP contribution in [0, 0.1) is 0 Å². The highest BCUT2D eigenvalue weighted by Crippen LogP contribution is 2.33. The SMILES string of the molecule is CCNC(=NCC(C)(C)c1ccc(OC)c(OC)c1)NCCCOCC1CCCO1.I. The van der Waals surface area contributed by atoms with Crippen LogP contribution in [-0.2, 0) is 14.9 Å². The summed E-state index contributed by atoms with van der Waals surface area (Å²) in [6.07, 6.45) is 3.48. The van der Waals surface area contributed by atoms with E-state index in [1.54, 1.807) is 14.2 Å². The van der Waals surface area contributed by atoms with Crippen LogP contribution in [0.1, 0.15) is 45.6 Å². The molecule has 178 valence electrons. The van der Waals surface area contributed by atoms with Crippen molar-refractivity contribution in [2.75, 3.05) is 53.7 Å². The van der Waals surface area contributed by atoms with Gasteiger partial charge in [-0.15, -0.1) is 24.0 Å². The Labute approximate surface area is 204 Å². The fraction of sp³-hybridized carbons (Fsp3) is 0.696. The molecule has 1 atom stereocenters. The van der Waals surface area contributed by atoms with Crippen molar-refractivity contribution in [1.29, 1.82) is 0 Å². The molecule has 1 aromatic rings. The molecule has 0 radical (unpaired) electrons. The predicted molar refractivity (Wildman–Crippen MR) is 136 cm³/mol. The molecule has 1 heterocycles. The van der Waals surface area contributed by atoms with Gasteiger partial charge in [0, 0.05) is 31.7 Å². The van der Waals surface area contributed by atoms with Crippen LogP contribution < -0.4 is 20.1 Å². The zero-order valence-corrected chi connectivity index (χ0v) is 22.0. The molecule has 1 saturated heterocycles. The first kappa shape index (κ1) is 27.8. The number of hydrogen-bond donors (Lipinski definition) is 2. The first-order chi connectivity index (χ1) is 14.5. The molecule has 0 bridgehead atoms. The van der Waals surface area contributed by atoms with E-state index in [4.69, 9.17) is 23.9 Å². The lowest BCUT2D eigenvalue weighted by Crippen LogP contribution is -2.39. The molecule has 0 aliphatic carbocycles. The number of ether oxygens (including phenoxy) is 4. The summed E-state index contributed by atoms with van der Waals surface area (Å²) in [5.74, 6) is 2.29. The number of methoxy groups -OCH3 is 2. The molecule has 1 fully saturated rings. The second-order valence-electron chi connectivity index (χ2n) is 8.14. The zero-order chi connectivity index (χ0) is 21.8. The van der Waals surface area contributed by atoms with Crippen LogP contribution in [0.3, 0.4) is 0 Å². The summed E-state index contributed by atoms with van der Waals surface area (Å²) in [4.78, 5) is 4.80. The van der Waals surface area contributed by atoms with E-state index in [9.17, 15) is 0 Å². The lowest BCUT2D eigenvalue weighted by molar-refractivity contribution is 0.0168. The lowest BCUT2D eigenvalue weighted by atomic mass is 9.84. The molecule has 0 saturated carbocycles. The Hall–Kier alpha value is -1.26. The van der Waals surface area contributed by atoms with Gasteiger partial charge >= 0.3 is 0 Å².